The molecule has 0 aliphatic carbocycles. The molecule has 0 heterocycles. The first-order valence-electron chi connectivity index (χ1n) is 7.94. The van der Waals surface area contributed by atoms with Crippen molar-refractivity contribution in [2.24, 2.45) is 4.99 Å². The molecular formula is C18H19F4IN4O. The zero-order valence-corrected chi connectivity index (χ0v) is 17.4. The maximum atomic E-state index is 13.5. The second kappa shape index (κ2) is 10.8. The number of nitrogens with zero attached hydrogens (tertiary/aromatic N) is 1. The predicted octanol–water partition coefficient (Wildman–Crippen LogP) is 3.47. The van der Waals surface area contributed by atoms with Gasteiger partial charge in [-0.25, -0.2) is 17.6 Å². The highest BCUT2D eigenvalue weighted by molar-refractivity contribution is 14.0. The third-order valence-electron chi connectivity index (χ3n) is 3.63. The van der Waals surface area contributed by atoms with Gasteiger partial charge in [-0.15, -0.1) is 24.0 Å². The lowest BCUT2D eigenvalue weighted by Crippen LogP contribution is -2.41. The first-order chi connectivity index (χ1) is 12.8. The van der Waals surface area contributed by atoms with Crippen molar-refractivity contribution in [2.75, 3.05) is 18.9 Å². The first kappa shape index (κ1) is 23.7. The van der Waals surface area contributed by atoms with Crippen LogP contribution in [-0.4, -0.2) is 25.5 Å². The van der Waals surface area contributed by atoms with E-state index in [4.69, 9.17) is 0 Å². The van der Waals surface area contributed by atoms with Gasteiger partial charge in [0.1, 0.15) is 5.82 Å². The van der Waals surface area contributed by atoms with Crippen LogP contribution in [0.4, 0.5) is 23.2 Å². The zero-order chi connectivity index (χ0) is 20.0. The molecule has 0 fully saturated rings. The summed E-state index contributed by atoms with van der Waals surface area (Å²) in [5.74, 6) is -5.18. The van der Waals surface area contributed by atoms with Crippen LogP contribution < -0.4 is 16.0 Å². The first-order valence-corrected chi connectivity index (χ1v) is 7.94. The summed E-state index contributed by atoms with van der Waals surface area (Å²) in [4.78, 5) is 15.8. The number of benzene rings is 2. The van der Waals surface area contributed by atoms with E-state index in [1.807, 2.05) is 0 Å². The normalized spacial score (nSPS) is 10.9. The molecule has 0 saturated carbocycles. The maximum Gasteiger partial charge on any atom is 0.243 e. The van der Waals surface area contributed by atoms with Crippen molar-refractivity contribution in [3.05, 3.63) is 64.7 Å². The molecule has 0 aliphatic rings. The minimum absolute atomic E-state index is 0. The molecule has 0 bridgehead atoms. The van der Waals surface area contributed by atoms with Gasteiger partial charge in [-0.05, 0) is 36.2 Å². The Balaban J connectivity index is 0.00000392. The summed E-state index contributed by atoms with van der Waals surface area (Å²) in [5, 5.41) is 7.76. The number of hydrogen-bond donors (Lipinski definition) is 3. The Hall–Kier alpha value is -2.37. The molecule has 0 aliphatic heterocycles. The van der Waals surface area contributed by atoms with E-state index in [0.717, 1.165) is 11.6 Å². The molecule has 0 saturated heterocycles. The van der Waals surface area contributed by atoms with Gasteiger partial charge in [-0.3, -0.25) is 9.79 Å². The van der Waals surface area contributed by atoms with Crippen molar-refractivity contribution in [3.63, 3.8) is 0 Å². The number of aliphatic imine (C=N–C) groups is 1. The number of amides is 1. The van der Waals surface area contributed by atoms with Crippen molar-refractivity contribution in [1.29, 1.82) is 0 Å². The maximum absolute atomic E-state index is 13.5. The molecule has 3 N–H and O–H groups in total. The van der Waals surface area contributed by atoms with E-state index in [9.17, 15) is 22.4 Å². The van der Waals surface area contributed by atoms with Crippen LogP contribution in [0.3, 0.4) is 0 Å². The van der Waals surface area contributed by atoms with Crippen LogP contribution >= 0.6 is 24.0 Å². The molecule has 2 aromatic rings. The summed E-state index contributed by atoms with van der Waals surface area (Å²) >= 11 is 0. The minimum atomic E-state index is -1.66. The Labute approximate surface area is 176 Å². The quantitative estimate of drug-likeness (QED) is 0.190. The zero-order valence-electron chi connectivity index (χ0n) is 15.1. The highest BCUT2D eigenvalue weighted by Gasteiger charge is 2.15. The number of anilines is 1. The van der Waals surface area contributed by atoms with Gasteiger partial charge < -0.3 is 16.0 Å². The lowest BCUT2D eigenvalue weighted by atomic mass is 10.1. The molecule has 0 radical (unpaired) electrons. The lowest BCUT2D eigenvalue weighted by molar-refractivity contribution is -0.115. The van der Waals surface area contributed by atoms with Crippen molar-refractivity contribution in [2.45, 2.75) is 13.5 Å². The fourth-order valence-corrected chi connectivity index (χ4v) is 2.20. The molecule has 0 unspecified atom stereocenters. The van der Waals surface area contributed by atoms with Gasteiger partial charge >= 0.3 is 0 Å². The van der Waals surface area contributed by atoms with E-state index in [-0.39, 0.29) is 42.3 Å². The molecule has 152 valence electrons. The van der Waals surface area contributed by atoms with Crippen LogP contribution in [0.5, 0.6) is 0 Å². The molecule has 0 spiro atoms. The fourth-order valence-electron chi connectivity index (χ4n) is 2.20. The molecule has 0 aromatic heterocycles. The molecule has 5 nitrogen and oxygen atoms in total. The van der Waals surface area contributed by atoms with E-state index in [1.165, 1.54) is 13.1 Å². The van der Waals surface area contributed by atoms with Crippen LogP contribution in [0.25, 0.3) is 0 Å². The largest absolute Gasteiger partial charge is 0.352 e. The molecule has 2 rings (SSSR count). The number of nitrogens with one attached hydrogen (secondary N) is 3. The Morgan fingerprint density at radius 1 is 1.00 bits per heavy atom. The highest BCUT2D eigenvalue weighted by Crippen LogP contribution is 2.19. The third kappa shape index (κ3) is 6.36. The Bertz CT molecular complexity index is 877. The average Bonchev–Trinajstić information content (AvgIpc) is 2.65. The van der Waals surface area contributed by atoms with Crippen LogP contribution in [0.15, 0.2) is 35.3 Å². The summed E-state index contributed by atoms with van der Waals surface area (Å²) < 4.78 is 52.8. The summed E-state index contributed by atoms with van der Waals surface area (Å²) in [7, 11) is 1.48. The fraction of sp³-hybridized carbons (Fsp3) is 0.222. The van der Waals surface area contributed by atoms with Gasteiger partial charge in [0.25, 0.3) is 0 Å². The highest BCUT2D eigenvalue weighted by atomic mass is 127. The number of guanidine groups is 1. The number of rotatable bonds is 5. The van der Waals surface area contributed by atoms with Gasteiger partial charge in [0, 0.05) is 13.6 Å². The minimum Gasteiger partial charge on any atom is -0.352 e. The molecule has 28 heavy (non-hydrogen) atoms. The Morgan fingerprint density at radius 3 is 2.32 bits per heavy atom. The number of aryl methyl sites for hydroxylation is 1. The van der Waals surface area contributed by atoms with Crippen LogP contribution in [0, 0.1) is 30.2 Å². The SMILES string of the molecule is CN=C(NCC(=O)Nc1ccc(F)c(F)c1F)NCc1ccc(F)c(C)c1.I. The van der Waals surface area contributed by atoms with Gasteiger partial charge in [-0.1, -0.05) is 12.1 Å². The Kier molecular flexibility index (Phi) is 9.16. The summed E-state index contributed by atoms with van der Waals surface area (Å²) in [5.41, 5.74) is 0.848. The summed E-state index contributed by atoms with van der Waals surface area (Å²) in [6.07, 6.45) is 0. The topological polar surface area (TPSA) is 65.5 Å². The van der Waals surface area contributed by atoms with Crippen molar-refractivity contribution in [3.8, 4) is 0 Å². The van der Waals surface area contributed by atoms with E-state index < -0.39 is 29.0 Å². The number of halogens is 5. The molecule has 2 aromatic carbocycles. The van der Waals surface area contributed by atoms with E-state index >= 15 is 0 Å². The van der Waals surface area contributed by atoms with Crippen molar-refractivity contribution < 1.29 is 22.4 Å². The van der Waals surface area contributed by atoms with E-state index in [1.54, 1.807) is 19.1 Å². The second-order valence-corrected chi connectivity index (χ2v) is 5.63. The second-order valence-electron chi connectivity index (χ2n) is 5.63. The van der Waals surface area contributed by atoms with Crippen LogP contribution in [0.2, 0.25) is 0 Å². The van der Waals surface area contributed by atoms with Gasteiger partial charge in [-0.2, -0.15) is 0 Å². The molecule has 0 atom stereocenters. The molecular weight excluding hydrogens is 491 g/mol. The number of carbonyl (C=O) groups is 1. The van der Waals surface area contributed by atoms with Crippen molar-refractivity contribution >= 4 is 41.5 Å². The van der Waals surface area contributed by atoms with E-state index in [0.29, 0.717) is 18.2 Å². The third-order valence-corrected chi connectivity index (χ3v) is 3.63. The average molecular weight is 510 g/mol. The Morgan fingerprint density at radius 2 is 1.68 bits per heavy atom. The van der Waals surface area contributed by atoms with Crippen LogP contribution in [0.1, 0.15) is 11.1 Å². The monoisotopic (exact) mass is 510 g/mol. The van der Waals surface area contributed by atoms with Crippen LogP contribution in [-0.2, 0) is 11.3 Å². The lowest BCUT2D eigenvalue weighted by Gasteiger charge is -2.13. The van der Waals surface area contributed by atoms with E-state index in [2.05, 4.69) is 20.9 Å². The predicted molar refractivity (Wildman–Crippen MR) is 110 cm³/mol. The number of hydrogen-bond acceptors (Lipinski definition) is 2. The summed E-state index contributed by atoms with van der Waals surface area (Å²) in [6, 6.07) is 6.28. The summed E-state index contributed by atoms with van der Waals surface area (Å²) in [6.45, 7) is 1.69. The molecule has 10 heteroatoms. The van der Waals surface area contributed by atoms with Gasteiger partial charge in [0.15, 0.2) is 23.4 Å². The standard InChI is InChI=1S/C18H18F4N4O.HI/c1-10-7-11(3-4-12(10)19)8-24-18(23-2)25-9-15(27)26-14-6-5-13(20)16(21)17(14)22;/h3-7H,8-9H2,1-2H3,(H,26,27)(H2,23,24,25);1H. The van der Waals surface area contributed by atoms with Gasteiger partial charge in [0.05, 0.1) is 12.2 Å². The smallest absolute Gasteiger partial charge is 0.243 e. The van der Waals surface area contributed by atoms with Crippen molar-refractivity contribution in [1.82, 2.24) is 10.6 Å². The van der Waals surface area contributed by atoms with Gasteiger partial charge in [0.2, 0.25) is 5.91 Å². The number of carbonyl (C=O) groups excluding carboxylic acids is 1. The molecule has 1 amide bonds.